The van der Waals surface area contributed by atoms with Crippen LogP contribution in [0.1, 0.15) is 81.0 Å². The first-order chi connectivity index (χ1) is 20.7. The van der Waals surface area contributed by atoms with Crippen LogP contribution >= 0.6 is 0 Å². The van der Waals surface area contributed by atoms with Gasteiger partial charge in [-0.2, -0.15) is 4.98 Å². The molecule has 43 heavy (non-hydrogen) atoms. The van der Waals surface area contributed by atoms with Crippen molar-refractivity contribution in [3.63, 3.8) is 0 Å². The lowest BCUT2D eigenvalue weighted by Gasteiger charge is -2.37. The van der Waals surface area contributed by atoms with E-state index in [2.05, 4.69) is 50.7 Å². The Morgan fingerprint density at radius 2 is 1.81 bits per heavy atom. The van der Waals surface area contributed by atoms with Crippen molar-refractivity contribution in [2.75, 3.05) is 36.2 Å². The Balaban J connectivity index is 1.49. The molecule has 3 heterocycles. The maximum Gasteiger partial charge on any atom is 0.302 e. The van der Waals surface area contributed by atoms with Crippen LogP contribution in [0.5, 0.6) is 0 Å². The van der Waals surface area contributed by atoms with Crippen molar-refractivity contribution in [2.24, 2.45) is 17.8 Å². The minimum Gasteiger partial charge on any atom is -0.377 e. The SMILES string of the molecule is CC1CCC(Cn2c(N3CCOCC3c3ccccc3)nc3nc(C(=O)NS(C)(=O)=O)nc(NC(C)C4CCC4)c32)CC1. The van der Waals surface area contributed by atoms with Gasteiger partial charge in [0.2, 0.25) is 21.8 Å². The van der Waals surface area contributed by atoms with E-state index in [4.69, 9.17) is 9.72 Å². The summed E-state index contributed by atoms with van der Waals surface area (Å²) < 4.78 is 34.1. The maximum absolute atomic E-state index is 13.0. The molecule has 0 spiro atoms. The Morgan fingerprint density at radius 1 is 1.07 bits per heavy atom. The van der Waals surface area contributed by atoms with E-state index in [1.165, 1.54) is 19.3 Å². The summed E-state index contributed by atoms with van der Waals surface area (Å²) >= 11 is 0. The van der Waals surface area contributed by atoms with Gasteiger partial charge < -0.3 is 19.5 Å². The van der Waals surface area contributed by atoms with Crippen LogP contribution in [0.15, 0.2) is 30.3 Å². The number of aromatic nitrogens is 4. The number of fused-ring (bicyclic) bond motifs is 1. The summed E-state index contributed by atoms with van der Waals surface area (Å²) in [5.41, 5.74) is 2.28. The molecule has 2 saturated carbocycles. The van der Waals surface area contributed by atoms with Gasteiger partial charge in [0, 0.05) is 19.1 Å². The lowest BCUT2D eigenvalue weighted by molar-refractivity contribution is 0.0927. The van der Waals surface area contributed by atoms with Crippen molar-refractivity contribution in [3.8, 4) is 0 Å². The summed E-state index contributed by atoms with van der Waals surface area (Å²) in [6.07, 6.45) is 9.12. The average Bonchev–Trinajstić information content (AvgIpc) is 3.31. The topological polar surface area (TPSA) is 131 Å². The number of hydrogen-bond donors (Lipinski definition) is 2. The van der Waals surface area contributed by atoms with E-state index in [9.17, 15) is 13.2 Å². The van der Waals surface area contributed by atoms with E-state index in [-0.39, 0.29) is 17.9 Å². The number of carbonyl (C=O) groups excluding carboxylic acids is 1. The highest BCUT2D eigenvalue weighted by Gasteiger charge is 2.33. The number of hydrogen-bond acceptors (Lipinski definition) is 9. The molecule has 1 aromatic carbocycles. The molecule has 2 unspecified atom stereocenters. The van der Waals surface area contributed by atoms with Crippen molar-refractivity contribution in [3.05, 3.63) is 41.7 Å². The van der Waals surface area contributed by atoms with Gasteiger partial charge in [0.05, 0.1) is 25.5 Å². The molecule has 0 radical (unpaired) electrons. The lowest BCUT2D eigenvalue weighted by atomic mass is 9.80. The number of amides is 1. The Morgan fingerprint density at radius 3 is 2.49 bits per heavy atom. The second-order valence-electron chi connectivity index (χ2n) is 12.7. The molecule has 1 aliphatic heterocycles. The molecule has 3 aromatic rings. The second-order valence-corrected chi connectivity index (χ2v) is 14.5. The molecule has 232 valence electrons. The third-order valence-electron chi connectivity index (χ3n) is 9.43. The van der Waals surface area contributed by atoms with E-state index >= 15 is 0 Å². The first-order valence-electron chi connectivity index (χ1n) is 15.6. The Bertz CT molecular complexity index is 1550. The molecule has 6 rings (SSSR count). The summed E-state index contributed by atoms with van der Waals surface area (Å²) in [7, 11) is -3.80. The van der Waals surface area contributed by atoms with Crippen LogP contribution in [-0.4, -0.2) is 65.9 Å². The highest BCUT2D eigenvalue weighted by atomic mass is 32.2. The maximum atomic E-state index is 13.0. The molecule has 2 aliphatic carbocycles. The smallest absolute Gasteiger partial charge is 0.302 e. The first-order valence-corrected chi connectivity index (χ1v) is 17.5. The summed E-state index contributed by atoms with van der Waals surface area (Å²) in [6, 6.07) is 10.4. The highest BCUT2D eigenvalue weighted by molar-refractivity contribution is 7.89. The normalized spacial score (nSPS) is 24.0. The number of nitrogens with one attached hydrogen (secondary N) is 2. The number of carbonyl (C=O) groups is 1. The first kappa shape index (κ1) is 29.8. The fourth-order valence-corrected chi connectivity index (χ4v) is 7.10. The van der Waals surface area contributed by atoms with Crippen molar-refractivity contribution >= 4 is 38.9 Å². The predicted octanol–water partition coefficient (Wildman–Crippen LogP) is 4.52. The van der Waals surface area contributed by atoms with Gasteiger partial charge in [-0.25, -0.2) is 23.1 Å². The monoisotopic (exact) mass is 609 g/mol. The number of rotatable bonds is 9. The van der Waals surface area contributed by atoms with Gasteiger partial charge in [-0.1, -0.05) is 56.5 Å². The Hall–Kier alpha value is -3.25. The van der Waals surface area contributed by atoms with Crippen molar-refractivity contribution in [1.82, 2.24) is 24.2 Å². The van der Waals surface area contributed by atoms with Gasteiger partial charge in [-0.05, 0) is 55.9 Å². The zero-order chi connectivity index (χ0) is 30.1. The lowest BCUT2D eigenvalue weighted by Crippen LogP contribution is -2.41. The number of nitrogens with zero attached hydrogens (tertiary/aromatic N) is 5. The summed E-state index contributed by atoms with van der Waals surface area (Å²) in [6.45, 7) is 7.00. The number of morpholine rings is 1. The van der Waals surface area contributed by atoms with Gasteiger partial charge in [0.25, 0.3) is 0 Å². The molecule has 2 atom stereocenters. The molecule has 1 amide bonds. The van der Waals surface area contributed by atoms with E-state index in [1.54, 1.807) is 0 Å². The molecule has 0 bridgehead atoms. The molecule has 3 aliphatic rings. The van der Waals surface area contributed by atoms with Crippen molar-refractivity contribution in [1.29, 1.82) is 0 Å². The van der Waals surface area contributed by atoms with Gasteiger partial charge in [-0.3, -0.25) is 4.79 Å². The number of sulfonamides is 1. The third-order valence-corrected chi connectivity index (χ3v) is 9.99. The molecule has 2 aromatic heterocycles. The van der Waals surface area contributed by atoms with Crippen LogP contribution in [0, 0.1) is 17.8 Å². The molecule has 2 N–H and O–H groups in total. The molecular weight excluding hydrogens is 566 g/mol. The van der Waals surface area contributed by atoms with Crippen LogP contribution < -0.4 is 14.9 Å². The molecule has 11 nitrogen and oxygen atoms in total. The zero-order valence-corrected chi connectivity index (χ0v) is 26.1. The van der Waals surface area contributed by atoms with Crippen molar-refractivity contribution in [2.45, 2.75) is 77.4 Å². The van der Waals surface area contributed by atoms with Crippen LogP contribution in [0.3, 0.4) is 0 Å². The molecule has 1 saturated heterocycles. The fraction of sp³-hybridized carbons (Fsp3) is 0.613. The standard InChI is InChI=1S/C31H43N7O4S/c1-20-12-14-22(15-13-20)18-38-26-27(32-21(2)23-10-7-11-23)33-29(30(39)36-43(3,40)41)34-28(26)35-31(38)37-16-17-42-19-25(37)24-8-5-4-6-9-24/h4-6,8-9,20-23,25H,7,10-19H2,1-3H3,(H,36,39)(H,32,33,34). The van der Waals surface area contributed by atoms with Gasteiger partial charge in [-0.15, -0.1) is 0 Å². The number of benzene rings is 1. The summed E-state index contributed by atoms with van der Waals surface area (Å²) in [4.78, 5) is 29.6. The minimum atomic E-state index is -3.80. The van der Waals surface area contributed by atoms with E-state index < -0.39 is 15.9 Å². The Kier molecular flexibility index (Phi) is 8.59. The fourth-order valence-electron chi connectivity index (χ4n) is 6.67. The minimum absolute atomic E-state index is 0.0387. The van der Waals surface area contributed by atoms with Crippen LogP contribution in [0.4, 0.5) is 11.8 Å². The highest BCUT2D eigenvalue weighted by Crippen LogP contribution is 2.38. The van der Waals surface area contributed by atoms with E-state index in [1.807, 2.05) is 22.9 Å². The molecule has 12 heteroatoms. The number of anilines is 2. The summed E-state index contributed by atoms with van der Waals surface area (Å²) in [5, 5.41) is 3.60. The summed E-state index contributed by atoms with van der Waals surface area (Å²) in [5.74, 6) is 1.94. The van der Waals surface area contributed by atoms with E-state index in [0.29, 0.717) is 43.1 Å². The van der Waals surface area contributed by atoms with Gasteiger partial charge in [0.15, 0.2) is 11.5 Å². The quantitative estimate of drug-likeness (QED) is 0.359. The average molecular weight is 610 g/mol. The number of imidazole rings is 1. The Labute approximate surface area is 253 Å². The van der Waals surface area contributed by atoms with E-state index in [0.717, 1.165) is 61.4 Å². The molecule has 3 fully saturated rings. The third kappa shape index (κ3) is 6.64. The van der Waals surface area contributed by atoms with Crippen LogP contribution in [0.2, 0.25) is 0 Å². The second kappa shape index (κ2) is 12.4. The van der Waals surface area contributed by atoms with Crippen LogP contribution in [-0.2, 0) is 21.3 Å². The molecular formula is C31H43N7O4S. The predicted molar refractivity (Wildman–Crippen MR) is 167 cm³/mol. The van der Waals surface area contributed by atoms with Gasteiger partial charge >= 0.3 is 5.91 Å². The largest absolute Gasteiger partial charge is 0.377 e. The zero-order valence-electron chi connectivity index (χ0n) is 25.3. The number of ether oxygens (including phenoxy) is 1. The van der Waals surface area contributed by atoms with Gasteiger partial charge in [0.1, 0.15) is 5.52 Å². The van der Waals surface area contributed by atoms with Crippen LogP contribution in [0.25, 0.3) is 11.2 Å². The van der Waals surface area contributed by atoms with Crippen molar-refractivity contribution < 1.29 is 17.9 Å².